The van der Waals surface area contributed by atoms with Crippen molar-refractivity contribution in [1.82, 2.24) is 4.90 Å². The van der Waals surface area contributed by atoms with E-state index in [4.69, 9.17) is 14.2 Å². The molecule has 0 spiro atoms. The maximum atomic E-state index is 12.8. The Bertz CT molecular complexity index is 772. The lowest BCUT2D eigenvalue weighted by Gasteiger charge is -2.45. The van der Waals surface area contributed by atoms with Crippen LogP contribution in [0.2, 0.25) is 0 Å². The van der Waals surface area contributed by atoms with Gasteiger partial charge < -0.3 is 19.1 Å². The Kier molecular flexibility index (Phi) is 6.27. The number of esters is 1. The molecule has 1 atom stereocenters. The average molecular weight is 387 g/mol. The van der Waals surface area contributed by atoms with Gasteiger partial charge in [-0.3, -0.25) is 9.59 Å². The van der Waals surface area contributed by atoms with Crippen molar-refractivity contribution in [3.8, 4) is 11.5 Å². The predicted molar refractivity (Wildman–Crippen MR) is 105 cm³/mol. The minimum absolute atomic E-state index is 0.0774. The second-order valence-electron chi connectivity index (χ2n) is 7.27. The summed E-state index contributed by atoms with van der Waals surface area (Å²) in [5, 5.41) is 0. The number of ether oxygens (including phenoxy) is 3. The molecule has 1 aliphatic heterocycles. The maximum Gasteiger partial charge on any atom is 0.318 e. The summed E-state index contributed by atoms with van der Waals surface area (Å²) in [6.45, 7) is 2.71. The van der Waals surface area contributed by atoms with E-state index in [1.54, 1.807) is 19.1 Å². The number of fused-ring (bicyclic) bond motifs is 1. The molecule has 0 radical (unpaired) electrons. The van der Waals surface area contributed by atoms with Gasteiger partial charge in [0.15, 0.2) is 11.5 Å². The lowest BCUT2D eigenvalue weighted by atomic mass is 9.70. The van der Waals surface area contributed by atoms with Crippen LogP contribution >= 0.6 is 0 Å². The Morgan fingerprint density at radius 2 is 1.96 bits per heavy atom. The van der Waals surface area contributed by atoms with E-state index >= 15 is 0 Å². The van der Waals surface area contributed by atoms with Gasteiger partial charge in [0, 0.05) is 18.7 Å². The number of hydrogen-bond donors (Lipinski definition) is 0. The van der Waals surface area contributed by atoms with E-state index in [9.17, 15) is 9.59 Å². The van der Waals surface area contributed by atoms with Gasteiger partial charge in [0.25, 0.3) is 0 Å². The maximum absolute atomic E-state index is 12.8. The lowest BCUT2D eigenvalue weighted by Crippen LogP contribution is -2.50. The van der Waals surface area contributed by atoms with Gasteiger partial charge in [-0.2, -0.15) is 0 Å². The lowest BCUT2D eigenvalue weighted by molar-refractivity contribution is -0.158. The van der Waals surface area contributed by atoms with Gasteiger partial charge in [0.1, 0.15) is 5.41 Å². The quantitative estimate of drug-likeness (QED) is 0.670. The molecule has 0 saturated carbocycles. The molecule has 0 unspecified atom stereocenters. The van der Waals surface area contributed by atoms with Gasteiger partial charge in [-0.05, 0) is 56.7 Å². The molecule has 152 valence electrons. The highest BCUT2D eigenvalue weighted by Gasteiger charge is 2.50. The zero-order valence-electron chi connectivity index (χ0n) is 17.0. The summed E-state index contributed by atoms with van der Waals surface area (Å²) in [6, 6.07) is 5.78. The molecule has 6 nitrogen and oxygen atoms in total. The zero-order chi connectivity index (χ0) is 20.1. The molecule has 1 fully saturated rings. The Morgan fingerprint density at radius 3 is 2.68 bits per heavy atom. The fourth-order valence-corrected chi connectivity index (χ4v) is 4.28. The first kappa shape index (κ1) is 20.2. The van der Waals surface area contributed by atoms with E-state index < -0.39 is 5.41 Å². The predicted octanol–water partition coefficient (Wildman–Crippen LogP) is 3.49. The zero-order valence-corrected chi connectivity index (χ0v) is 17.0. The van der Waals surface area contributed by atoms with Gasteiger partial charge in [-0.25, -0.2) is 0 Å². The SMILES string of the molecule is CCOC(=O)[C@@]12CCCC=C1N(CCc1ccc(OC)c(OC)c1)C(=O)CC2. The van der Waals surface area contributed by atoms with Crippen LogP contribution in [0.15, 0.2) is 30.0 Å². The number of carbonyl (C=O) groups is 2. The number of methoxy groups -OCH3 is 2. The number of piperidine rings is 1. The van der Waals surface area contributed by atoms with Crippen molar-refractivity contribution in [2.24, 2.45) is 5.41 Å². The van der Waals surface area contributed by atoms with Crippen molar-refractivity contribution in [2.45, 2.75) is 45.4 Å². The molecule has 1 aromatic rings. The third kappa shape index (κ3) is 3.73. The van der Waals surface area contributed by atoms with Crippen molar-refractivity contribution in [3.05, 3.63) is 35.5 Å². The third-order valence-electron chi connectivity index (χ3n) is 5.73. The van der Waals surface area contributed by atoms with Crippen LogP contribution in [0, 0.1) is 5.41 Å². The summed E-state index contributed by atoms with van der Waals surface area (Å²) in [5.74, 6) is 1.23. The summed E-state index contributed by atoms with van der Waals surface area (Å²) >= 11 is 0. The van der Waals surface area contributed by atoms with E-state index in [-0.39, 0.29) is 11.9 Å². The van der Waals surface area contributed by atoms with Crippen molar-refractivity contribution in [1.29, 1.82) is 0 Å². The van der Waals surface area contributed by atoms with Crippen LogP contribution in [0.25, 0.3) is 0 Å². The van der Waals surface area contributed by atoms with Crippen LogP contribution in [0.1, 0.15) is 44.6 Å². The average Bonchev–Trinajstić information content (AvgIpc) is 2.73. The van der Waals surface area contributed by atoms with Gasteiger partial charge in [0.2, 0.25) is 5.91 Å². The van der Waals surface area contributed by atoms with Crippen molar-refractivity contribution >= 4 is 11.9 Å². The fourth-order valence-electron chi connectivity index (χ4n) is 4.28. The largest absolute Gasteiger partial charge is 0.493 e. The van der Waals surface area contributed by atoms with Crippen LogP contribution in [-0.2, 0) is 20.7 Å². The monoisotopic (exact) mass is 387 g/mol. The topological polar surface area (TPSA) is 65.1 Å². The molecular formula is C22H29NO5. The summed E-state index contributed by atoms with van der Waals surface area (Å²) in [6.07, 6.45) is 6.23. The van der Waals surface area contributed by atoms with Crippen LogP contribution in [0.4, 0.5) is 0 Å². The molecule has 28 heavy (non-hydrogen) atoms. The number of nitrogens with zero attached hydrogens (tertiary/aromatic N) is 1. The highest BCUT2D eigenvalue weighted by molar-refractivity contribution is 5.88. The van der Waals surface area contributed by atoms with Crippen LogP contribution in [0.5, 0.6) is 11.5 Å². The van der Waals surface area contributed by atoms with Gasteiger partial charge in [-0.15, -0.1) is 0 Å². The number of hydrogen-bond acceptors (Lipinski definition) is 5. The number of carbonyl (C=O) groups excluding carboxylic acids is 2. The van der Waals surface area contributed by atoms with Crippen LogP contribution < -0.4 is 9.47 Å². The number of amides is 1. The second-order valence-corrected chi connectivity index (χ2v) is 7.27. The van der Waals surface area contributed by atoms with E-state index in [0.29, 0.717) is 43.9 Å². The molecule has 1 heterocycles. The molecule has 1 amide bonds. The summed E-state index contributed by atoms with van der Waals surface area (Å²) in [7, 11) is 3.21. The summed E-state index contributed by atoms with van der Waals surface area (Å²) < 4.78 is 16.1. The van der Waals surface area contributed by atoms with E-state index in [2.05, 4.69) is 6.08 Å². The number of allylic oxidation sites excluding steroid dienone is 1. The van der Waals surface area contributed by atoms with E-state index in [1.807, 2.05) is 25.1 Å². The number of rotatable bonds is 7. The fraction of sp³-hybridized carbons (Fsp3) is 0.545. The summed E-state index contributed by atoms with van der Waals surface area (Å²) in [5.41, 5.74) is 1.22. The normalized spacial score (nSPS) is 21.6. The van der Waals surface area contributed by atoms with Crippen molar-refractivity contribution in [3.63, 3.8) is 0 Å². The van der Waals surface area contributed by atoms with E-state index in [1.165, 1.54) is 0 Å². The molecule has 6 heteroatoms. The molecular weight excluding hydrogens is 358 g/mol. The first-order valence-electron chi connectivity index (χ1n) is 9.95. The summed E-state index contributed by atoms with van der Waals surface area (Å²) in [4.78, 5) is 27.3. The van der Waals surface area contributed by atoms with Crippen LogP contribution in [-0.4, -0.2) is 44.1 Å². The molecule has 0 bridgehead atoms. The molecule has 1 saturated heterocycles. The Morgan fingerprint density at radius 1 is 1.18 bits per heavy atom. The van der Waals surface area contributed by atoms with Gasteiger partial charge in [0.05, 0.1) is 20.8 Å². The second kappa shape index (κ2) is 8.67. The third-order valence-corrected chi connectivity index (χ3v) is 5.73. The van der Waals surface area contributed by atoms with Gasteiger partial charge >= 0.3 is 5.97 Å². The Hall–Kier alpha value is -2.50. The van der Waals surface area contributed by atoms with E-state index in [0.717, 1.165) is 30.5 Å². The molecule has 2 aliphatic rings. The molecule has 0 aromatic heterocycles. The van der Waals surface area contributed by atoms with Crippen molar-refractivity contribution < 1.29 is 23.8 Å². The van der Waals surface area contributed by atoms with Crippen molar-refractivity contribution in [2.75, 3.05) is 27.4 Å². The standard InChI is InChI=1S/C22H29NO5/c1-4-28-21(25)22-12-6-5-7-19(22)23(20(24)10-13-22)14-11-16-8-9-17(26-2)18(15-16)27-3/h7-9,15H,4-6,10-14H2,1-3H3/t22-/m1/s1. The van der Waals surface area contributed by atoms with Gasteiger partial charge in [-0.1, -0.05) is 12.1 Å². The highest BCUT2D eigenvalue weighted by Crippen LogP contribution is 2.47. The van der Waals surface area contributed by atoms with Crippen LogP contribution in [0.3, 0.4) is 0 Å². The highest BCUT2D eigenvalue weighted by atomic mass is 16.5. The first-order chi connectivity index (χ1) is 13.6. The molecule has 1 aliphatic carbocycles. The molecule has 1 aromatic carbocycles. The first-order valence-corrected chi connectivity index (χ1v) is 9.95. The minimum atomic E-state index is -0.667. The Balaban J connectivity index is 1.81. The molecule has 0 N–H and O–H groups in total. The minimum Gasteiger partial charge on any atom is -0.493 e. The Labute approximate surface area is 166 Å². The number of benzene rings is 1. The molecule has 3 rings (SSSR count). The smallest absolute Gasteiger partial charge is 0.318 e. The number of likely N-dealkylation sites (tertiary alicyclic amines) is 1.